The predicted molar refractivity (Wildman–Crippen MR) is 55.2 cm³/mol. The number of nitrogens with one attached hydrogen (secondary N) is 2. The van der Waals surface area contributed by atoms with Gasteiger partial charge in [-0.25, -0.2) is 4.79 Å². The average Bonchev–Trinajstić information content (AvgIpc) is 2.28. The molecule has 5 heteroatoms. The van der Waals surface area contributed by atoms with E-state index in [9.17, 15) is 4.79 Å². The van der Waals surface area contributed by atoms with Crippen LogP contribution in [0.3, 0.4) is 0 Å². The van der Waals surface area contributed by atoms with Crippen LogP contribution in [0.2, 0.25) is 0 Å². The van der Waals surface area contributed by atoms with Gasteiger partial charge in [-0.3, -0.25) is 0 Å². The number of carbonyl (C=O) groups excluding carboxylic acids is 1. The van der Waals surface area contributed by atoms with Gasteiger partial charge in [0.25, 0.3) is 11.0 Å². The molecule has 0 aliphatic carbocycles. The Labute approximate surface area is 92.8 Å². The Morgan fingerprint density at radius 3 is 2.60 bits per heavy atom. The smallest absolute Gasteiger partial charge is 0.407 e. The summed E-state index contributed by atoms with van der Waals surface area (Å²) in [5, 5.41) is 2.39. The fourth-order valence-electron chi connectivity index (χ4n) is 0.994. The van der Waals surface area contributed by atoms with Gasteiger partial charge in [0, 0.05) is 7.05 Å². The van der Waals surface area contributed by atoms with Crippen molar-refractivity contribution in [2.24, 2.45) is 0 Å². The van der Waals surface area contributed by atoms with Gasteiger partial charge in [-0.05, 0) is 17.7 Å². The molecule has 0 unspecified atom stereocenters. The molecule has 82 valence electrons. The van der Waals surface area contributed by atoms with Crippen molar-refractivity contribution in [1.29, 1.82) is 0 Å². The maximum Gasteiger partial charge on any atom is 0.407 e. The van der Waals surface area contributed by atoms with E-state index in [1.165, 1.54) is 7.05 Å². The zero-order valence-electron chi connectivity index (χ0n) is 8.71. The van der Waals surface area contributed by atoms with Crippen molar-refractivity contribution < 1.29 is 20.5 Å². The maximum atomic E-state index is 10.8. The van der Waals surface area contributed by atoms with Gasteiger partial charge in [-0.2, -0.15) is 0 Å². The quantitative estimate of drug-likeness (QED) is 0.609. The first kappa shape index (κ1) is 11.7. The number of carbonyl (C=O) groups is 1. The molecular weight excluding hydrogens is 216 g/mol. The molecule has 0 aromatic heterocycles. The molecule has 1 aromatic carbocycles. The van der Waals surface area contributed by atoms with Crippen molar-refractivity contribution >= 4 is 11.8 Å². The largest absolute Gasteiger partial charge is 0.445 e. The van der Waals surface area contributed by atoms with Gasteiger partial charge in [-0.15, -0.1) is 4.84 Å². The number of ether oxygens (including phenoxy) is 1. The van der Waals surface area contributed by atoms with Crippen LogP contribution in [-0.4, -0.2) is 19.5 Å². The normalized spacial score (nSPS) is 9.47. The van der Waals surface area contributed by atoms with Crippen molar-refractivity contribution in [3.63, 3.8) is 0 Å². The lowest BCUT2D eigenvalue weighted by Crippen LogP contribution is -2.18. The molecule has 0 atom stereocenters. The van der Waals surface area contributed by atoms with Crippen LogP contribution in [0.1, 0.15) is 5.56 Å². The van der Waals surface area contributed by atoms with Crippen molar-refractivity contribution in [2.75, 3.05) is 18.3 Å². The molecule has 0 aliphatic heterocycles. The first-order valence-corrected chi connectivity index (χ1v) is 5.57. The molecular formula is C10H14ClN2O2+. The summed E-state index contributed by atoms with van der Waals surface area (Å²) in [5.41, 5.74) is 1.97. The summed E-state index contributed by atoms with van der Waals surface area (Å²) in [4.78, 5) is 13.9. The highest BCUT2D eigenvalue weighted by atomic mass is 35.5. The van der Waals surface area contributed by atoms with E-state index in [2.05, 4.69) is 10.2 Å². The topological polar surface area (TPSA) is 50.4 Å². The Morgan fingerprint density at radius 2 is 2.07 bits per heavy atom. The SMILES string of the molecule is CNC(=O)OCc1ccc(N[Cl+]C)cc1. The summed E-state index contributed by atoms with van der Waals surface area (Å²) in [6.07, 6.45) is 1.49. The second-order valence-electron chi connectivity index (χ2n) is 2.81. The summed E-state index contributed by atoms with van der Waals surface area (Å²) in [5.74, 6) is 0. The fraction of sp³-hybridized carbons (Fsp3) is 0.300. The summed E-state index contributed by atoms with van der Waals surface area (Å²) < 4.78 is 4.90. The molecule has 15 heavy (non-hydrogen) atoms. The molecule has 2 N–H and O–H groups in total. The van der Waals surface area contributed by atoms with E-state index in [1.54, 1.807) is 0 Å². The monoisotopic (exact) mass is 229 g/mol. The van der Waals surface area contributed by atoms with Crippen LogP contribution in [0.5, 0.6) is 0 Å². The van der Waals surface area contributed by atoms with Crippen molar-refractivity contribution in [3.8, 4) is 0 Å². The van der Waals surface area contributed by atoms with E-state index in [1.807, 2.05) is 41.6 Å². The number of rotatable bonds is 4. The van der Waals surface area contributed by atoms with Crippen LogP contribution in [-0.2, 0) is 11.3 Å². The lowest BCUT2D eigenvalue weighted by Gasteiger charge is -2.03. The highest BCUT2D eigenvalue weighted by Crippen LogP contribution is 2.10. The third kappa shape index (κ3) is 4.08. The van der Waals surface area contributed by atoms with Gasteiger partial charge in [-0.1, -0.05) is 12.1 Å². The van der Waals surface area contributed by atoms with Crippen LogP contribution in [0.25, 0.3) is 0 Å². The van der Waals surface area contributed by atoms with Gasteiger partial charge in [0.05, 0.1) is 5.69 Å². The number of anilines is 1. The Hall–Kier alpha value is -1.42. The zero-order chi connectivity index (χ0) is 11.1. The maximum absolute atomic E-state index is 10.8. The Balaban J connectivity index is 2.45. The summed E-state index contributed by atoms with van der Waals surface area (Å²) in [6.45, 7) is 0.286. The number of alkyl halides is 1. The summed E-state index contributed by atoms with van der Waals surface area (Å²) in [7, 11) is 3.50. The van der Waals surface area contributed by atoms with Crippen molar-refractivity contribution in [2.45, 2.75) is 6.61 Å². The van der Waals surface area contributed by atoms with E-state index in [4.69, 9.17) is 4.74 Å². The number of amides is 1. The molecule has 0 aliphatic rings. The molecule has 0 bridgehead atoms. The van der Waals surface area contributed by atoms with Gasteiger partial charge >= 0.3 is 6.09 Å². The van der Waals surface area contributed by atoms with Crippen LogP contribution < -0.4 is 10.2 Å². The standard InChI is InChI=1S/C10H13ClN2O2/c1-11-13-9-5-3-8(4-6-9)7-15-10(14)12-2/h3-6,13H,7H2,1-2H3/p+1. The van der Waals surface area contributed by atoms with Crippen LogP contribution >= 0.6 is 0 Å². The zero-order valence-corrected chi connectivity index (χ0v) is 9.47. The molecule has 0 spiro atoms. The lowest BCUT2D eigenvalue weighted by molar-refractivity contribution is -0.596. The third-order valence-corrected chi connectivity index (χ3v) is 2.14. The second kappa shape index (κ2) is 6.14. The van der Waals surface area contributed by atoms with Gasteiger partial charge in [0.15, 0.2) is 6.38 Å². The summed E-state index contributed by atoms with van der Waals surface area (Å²) >= 11 is 0. The molecule has 1 rings (SSSR count). The van der Waals surface area contributed by atoms with Crippen LogP contribution in [0.4, 0.5) is 10.5 Å². The lowest BCUT2D eigenvalue weighted by atomic mass is 10.2. The molecule has 1 amide bonds. The minimum atomic E-state index is -0.418. The fourth-order valence-corrected chi connectivity index (χ4v) is 1.34. The second-order valence-corrected chi connectivity index (χ2v) is 3.37. The van der Waals surface area contributed by atoms with E-state index in [0.29, 0.717) is 0 Å². The first-order valence-electron chi connectivity index (χ1n) is 4.44. The minimum absolute atomic E-state index is 0.286. The Kier molecular flexibility index (Phi) is 4.77. The predicted octanol–water partition coefficient (Wildman–Crippen LogP) is 1.58. The molecule has 0 saturated carbocycles. The van der Waals surface area contributed by atoms with E-state index >= 15 is 0 Å². The Bertz CT molecular complexity index is 314. The third-order valence-electron chi connectivity index (χ3n) is 1.73. The molecule has 0 radical (unpaired) electrons. The highest BCUT2D eigenvalue weighted by Gasteiger charge is 2.01. The van der Waals surface area contributed by atoms with Gasteiger partial charge in [0.2, 0.25) is 0 Å². The number of hydrogen-bond acceptors (Lipinski definition) is 3. The van der Waals surface area contributed by atoms with Crippen molar-refractivity contribution in [3.05, 3.63) is 29.8 Å². The number of benzene rings is 1. The number of hydrogen-bond donors (Lipinski definition) is 2. The van der Waals surface area contributed by atoms with Crippen LogP contribution in [0, 0.1) is 11.0 Å². The van der Waals surface area contributed by atoms with E-state index in [-0.39, 0.29) is 6.61 Å². The first-order chi connectivity index (χ1) is 7.26. The summed E-state index contributed by atoms with van der Waals surface area (Å²) in [6, 6.07) is 7.68. The minimum Gasteiger partial charge on any atom is -0.445 e. The molecule has 0 fully saturated rings. The average molecular weight is 230 g/mol. The van der Waals surface area contributed by atoms with Crippen LogP contribution in [0.15, 0.2) is 24.3 Å². The van der Waals surface area contributed by atoms with E-state index in [0.717, 1.165) is 11.3 Å². The van der Waals surface area contributed by atoms with Crippen molar-refractivity contribution in [1.82, 2.24) is 5.32 Å². The highest BCUT2D eigenvalue weighted by molar-refractivity contribution is 5.66. The van der Waals surface area contributed by atoms with Gasteiger partial charge < -0.3 is 10.1 Å². The number of halogens is 1. The molecule has 4 nitrogen and oxygen atoms in total. The molecule has 0 heterocycles. The van der Waals surface area contributed by atoms with E-state index < -0.39 is 6.09 Å². The Morgan fingerprint density at radius 1 is 1.40 bits per heavy atom. The van der Waals surface area contributed by atoms with Gasteiger partial charge in [0.1, 0.15) is 6.61 Å². The molecule has 0 saturated heterocycles. The number of alkyl carbamates (subject to hydrolysis) is 1. The molecule has 1 aromatic rings.